The third-order valence-corrected chi connectivity index (χ3v) is 5.64. The molecule has 0 aliphatic heterocycles. The molecule has 0 saturated heterocycles. The summed E-state index contributed by atoms with van der Waals surface area (Å²) in [5.74, 6) is -1.05. The van der Waals surface area contributed by atoms with Gasteiger partial charge in [-0.05, 0) is 42.8 Å². The summed E-state index contributed by atoms with van der Waals surface area (Å²) in [5, 5.41) is 9.97. The first-order valence-corrected chi connectivity index (χ1v) is 12.0. The normalized spacial score (nSPS) is 10.7. The molecule has 0 bridgehead atoms. The van der Waals surface area contributed by atoms with Crippen LogP contribution in [0.5, 0.6) is 0 Å². The Morgan fingerprint density at radius 2 is 1.62 bits per heavy atom. The van der Waals surface area contributed by atoms with Crippen LogP contribution in [0.25, 0.3) is 16.9 Å². The third-order valence-electron chi connectivity index (χ3n) is 5.64. The lowest BCUT2D eigenvalue weighted by molar-refractivity contribution is -0.116. The van der Waals surface area contributed by atoms with E-state index in [1.165, 1.54) is 39.9 Å². The van der Waals surface area contributed by atoms with Gasteiger partial charge in [0, 0.05) is 18.2 Å². The number of nitrogens with one attached hydrogen (secondary N) is 2. The summed E-state index contributed by atoms with van der Waals surface area (Å²) in [5.41, 5.74) is 2.04. The van der Waals surface area contributed by atoms with Gasteiger partial charge >= 0.3 is 6.03 Å². The minimum atomic E-state index is -0.578. The second-order valence-electron chi connectivity index (χ2n) is 8.40. The molecule has 37 heavy (non-hydrogen) atoms. The zero-order chi connectivity index (χ0) is 26.2. The van der Waals surface area contributed by atoms with Crippen LogP contribution in [0.2, 0.25) is 0 Å². The molecular weight excluding hydrogens is 476 g/mol. The highest BCUT2D eigenvalue weighted by Gasteiger charge is 2.20. The lowest BCUT2D eigenvalue weighted by Gasteiger charge is -2.22. The molecule has 0 aliphatic rings. The molecule has 0 saturated carbocycles. The second-order valence-corrected chi connectivity index (χ2v) is 8.40. The lowest BCUT2D eigenvalue weighted by Crippen LogP contribution is -2.41. The molecule has 0 fully saturated rings. The molecule has 7 nitrogen and oxygen atoms in total. The Bertz CT molecular complexity index is 1360. The van der Waals surface area contributed by atoms with Gasteiger partial charge in [-0.2, -0.15) is 5.10 Å². The van der Waals surface area contributed by atoms with Crippen LogP contribution >= 0.6 is 0 Å². The SMILES string of the molecule is CCCCN(CC(=O)Nc1cc(-c2ccccc2)nn1-c1ccc(F)cc1)C(=O)Nc1ccccc1F. The van der Waals surface area contributed by atoms with E-state index >= 15 is 0 Å². The van der Waals surface area contributed by atoms with Gasteiger partial charge in [0.15, 0.2) is 0 Å². The molecule has 4 aromatic rings. The van der Waals surface area contributed by atoms with Crippen molar-refractivity contribution >= 4 is 23.4 Å². The van der Waals surface area contributed by atoms with Gasteiger partial charge in [0.25, 0.3) is 0 Å². The van der Waals surface area contributed by atoms with Crippen LogP contribution in [0, 0.1) is 11.6 Å². The summed E-state index contributed by atoms with van der Waals surface area (Å²) in [7, 11) is 0. The average Bonchev–Trinajstić information content (AvgIpc) is 3.32. The van der Waals surface area contributed by atoms with Crippen LogP contribution < -0.4 is 10.6 Å². The van der Waals surface area contributed by atoms with Crippen molar-refractivity contribution in [3.8, 4) is 16.9 Å². The van der Waals surface area contributed by atoms with E-state index in [9.17, 15) is 18.4 Å². The standard InChI is InChI=1S/C28H27F2N5O2/c1-2-3-17-34(28(37)31-24-12-8-7-11-23(24)30)19-27(36)32-26-18-25(20-9-5-4-6-10-20)33-35(26)22-15-13-21(29)14-16-22/h4-16,18H,2-3,17,19H2,1H3,(H,31,37)(H,32,36). The van der Waals surface area contributed by atoms with Crippen molar-refractivity contribution in [2.75, 3.05) is 23.7 Å². The van der Waals surface area contributed by atoms with E-state index in [0.717, 1.165) is 12.0 Å². The predicted molar refractivity (Wildman–Crippen MR) is 139 cm³/mol. The number of nitrogens with zero attached hydrogens (tertiary/aromatic N) is 3. The monoisotopic (exact) mass is 503 g/mol. The zero-order valence-corrected chi connectivity index (χ0v) is 20.3. The number of benzene rings is 3. The Balaban J connectivity index is 1.56. The van der Waals surface area contributed by atoms with Gasteiger partial charge in [-0.1, -0.05) is 55.8 Å². The number of rotatable bonds is 9. The fourth-order valence-electron chi connectivity index (χ4n) is 3.71. The molecule has 190 valence electrons. The number of hydrogen-bond donors (Lipinski definition) is 2. The maximum atomic E-state index is 14.0. The minimum Gasteiger partial charge on any atom is -0.315 e. The Morgan fingerprint density at radius 3 is 2.32 bits per heavy atom. The van der Waals surface area contributed by atoms with E-state index in [4.69, 9.17) is 0 Å². The summed E-state index contributed by atoms with van der Waals surface area (Å²) >= 11 is 0. The van der Waals surface area contributed by atoms with Crippen LogP contribution in [0.15, 0.2) is 84.9 Å². The van der Waals surface area contributed by atoms with Crippen molar-refractivity contribution in [3.05, 3.63) is 96.6 Å². The smallest absolute Gasteiger partial charge is 0.315 e. The van der Waals surface area contributed by atoms with E-state index in [1.54, 1.807) is 24.3 Å². The van der Waals surface area contributed by atoms with Gasteiger partial charge in [0.2, 0.25) is 5.91 Å². The topological polar surface area (TPSA) is 79.3 Å². The fourth-order valence-corrected chi connectivity index (χ4v) is 3.71. The van der Waals surface area contributed by atoms with Gasteiger partial charge in [-0.25, -0.2) is 18.3 Å². The van der Waals surface area contributed by atoms with E-state index in [0.29, 0.717) is 30.2 Å². The third kappa shape index (κ3) is 6.58. The molecule has 9 heteroatoms. The lowest BCUT2D eigenvalue weighted by atomic mass is 10.1. The first-order valence-electron chi connectivity index (χ1n) is 12.0. The number of amides is 3. The Morgan fingerprint density at radius 1 is 0.919 bits per heavy atom. The Kier molecular flexibility index (Phi) is 8.25. The first kappa shape index (κ1) is 25.6. The van der Waals surface area contributed by atoms with Crippen molar-refractivity contribution in [2.24, 2.45) is 0 Å². The highest BCUT2D eigenvalue weighted by Crippen LogP contribution is 2.25. The number of carbonyl (C=O) groups is 2. The number of aromatic nitrogens is 2. The van der Waals surface area contributed by atoms with E-state index in [-0.39, 0.29) is 12.2 Å². The zero-order valence-electron chi connectivity index (χ0n) is 20.3. The maximum Gasteiger partial charge on any atom is 0.322 e. The quantitative estimate of drug-likeness (QED) is 0.290. The highest BCUT2D eigenvalue weighted by atomic mass is 19.1. The summed E-state index contributed by atoms with van der Waals surface area (Å²) in [4.78, 5) is 27.3. The summed E-state index contributed by atoms with van der Waals surface area (Å²) in [6.07, 6.45) is 1.48. The average molecular weight is 504 g/mol. The van der Waals surface area contributed by atoms with Crippen LogP contribution in [0.3, 0.4) is 0 Å². The summed E-state index contributed by atoms with van der Waals surface area (Å²) in [6.45, 7) is 2.03. The van der Waals surface area contributed by atoms with Crippen LogP contribution in [0.1, 0.15) is 19.8 Å². The fraction of sp³-hybridized carbons (Fsp3) is 0.179. The molecule has 2 N–H and O–H groups in total. The molecule has 0 unspecified atom stereocenters. The van der Waals surface area contributed by atoms with Gasteiger partial charge in [-0.3, -0.25) is 4.79 Å². The van der Waals surface area contributed by atoms with Crippen molar-refractivity contribution in [1.29, 1.82) is 0 Å². The van der Waals surface area contributed by atoms with Gasteiger partial charge in [-0.15, -0.1) is 0 Å². The molecule has 0 atom stereocenters. The number of hydrogen-bond acceptors (Lipinski definition) is 3. The van der Waals surface area contributed by atoms with Crippen molar-refractivity contribution in [2.45, 2.75) is 19.8 Å². The van der Waals surface area contributed by atoms with E-state index in [2.05, 4.69) is 15.7 Å². The predicted octanol–water partition coefficient (Wildman–Crippen LogP) is 6.09. The molecule has 1 aromatic heterocycles. The molecular formula is C28H27F2N5O2. The van der Waals surface area contributed by atoms with Gasteiger partial charge < -0.3 is 15.5 Å². The van der Waals surface area contributed by atoms with E-state index in [1.807, 2.05) is 37.3 Å². The van der Waals surface area contributed by atoms with Crippen molar-refractivity contribution < 1.29 is 18.4 Å². The molecule has 0 aliphatic carbocycles. The molecule has 3 aromatic carbocycles. The molecule has 1 heterocycles. The molecule has 0 spiro atoms. The number of halogens is 2. The largest absolute Gasteiger partial charge is 0.322 e. The number of urea groups is 1. The number of anilines is 2. The van der Waals surface area contributed by atoms with Gasteiger partial charge in [0.05, 0.1) is 17.1 Å². The highest BCUT2D eigenvalue weighted by molar-refractivity contribution is 5.97. The Labute approximate surface area is 213 Å². The summed E-state index contributed by atoms with van der Waals surface area (Å²) in [6, 6.07) is 22.2. The van der Waals surface area contributed by atoms with Gasteiger partial charge in [0.1, 0.15) is 24.0 Å². The van der Waals surface area contributed by atoms with Crippen molar-refractivity contribution in [3.63, 3.8) is 0 Å². The number of carbonyl (C=O) groups excluding carboxylic acids is 2. The van der Waals surface area contributed by atoms with Crippen LogP contribution in [0.4, 0.5) is 25.1 Å². The van der Waals surface area contributed by atoms with Crippen LogP contribution in [-0.4, -0.2) is 39.7 Å². The minimum absolute atomic E-state index is 0.0382. The van der Waals surface area contributed by atoms with Crippen LogP contribution in [-0.2, 0) is 4.79 Å². The number of unbranched alkanes of at least 4 members (excludes halogenated alkanes) is 1. The molecule has 0 radical (unpaired) electrons. The second kappa shape index (κ2) is 11.9. The van der Waals surface area contributed by atoms with Crippen molar-refractivity contribution in [1.82, 2.24) is 14.7 Å². The molecule has 3 amide bonds. The summed E-state index contributed by atoms with van der Waals surface area (Å²) < 4.78 is 29.1. The maximum absolute atomic E-state index is 14.0. The molecule has 4 rings (SSSR count). The Hall–Kier alpha value is -4.53. The van der Waals surface area contributed by atoms with E-state index < -0.39 is 23.6 Å². The number of para-hydroxylation sites is 1. The first-order chi connectivity index (χ1) is 17.9.